The molecule has 272 valence electrons. The topological polar surface area (TPSA) is 147 Å². The van der Waals surface area contributed by atoms with Gasteiger partial charge in [-0.1, -0.05) is 24.6 Å². The largest absolute Gasteiger partial charge is 0.497 e. The van der Waals surface area contributed by atoms with E-state index in [1.165, 1.54) is 11.4 Å². The summed E-state index contributed by atoms with van der Waals surface area (Å²) in [6.45, 7) is 7.82. The highest BCUT2D eigenvalue weighted by molar-refractivity contribution is 7.89. The van der Waals surface area contributed by atoms with Crippen LogP contribution in [0.15, 0.2) is 71.6 Å². The van der Waals surface area contributed by atoms with Gasteiger partial charge in [0.05, 0.1) is 42.4 Å². The Balaban J connectivity index is 1.61. The van der Waals surface area contributed by atoms with Gasteiger partial charge in [0.15, 0.2) is 0 Å². The molecular weight excluding hydrogens is 660 g/mol. The Hall–Kier alpha value is -4.17. The number of aliphatic hydroxyl groups excluding tert-OH is 1. The number of carbonyl (C=O) groups is 2. The second-order valence-corrected chi connectivity index (χ2v) is 15.0. The van der Waals surface area contributed by atoms with Gasteiger partial charge in [0.2, 0.25) is 10.0 Å². The van der Waals surface area contributed by atoms with Crippen molar-refractivity contribution in [1.82, 2.24) is 9.21 Å². The molecule has 50 heavy (non-hydrogen) atoms. The molecule has 0 unspecified atom stereocenters. The number of hydrogen-bond donors (Lipinski definition) is 3. The number of rotatable bonds is 9. The number of likely N-dealkylation sites (N-methyl/N-ethyl adjacent to an activating group) is 1. The number of urea groups is 1. The van der Waals surface area contributed by atoms with Crippen molar-refractivity contribution < 1.29 is 37.3 Å². The summed E-state index contributed by atoms with van der Waals surface area (Å²) in [6, 6.07) is 17.4. The van der Waals surface area contributed by atoms with E-state index in [1.807, 2.05) is 20.8 Å². The number of anilines is 2. The molecule has 0 saturated heterocycles. The van der Waals surface area contributed by atoms with Crippen LogP contribution in [0.25, 0.3) is 0 Å². The highest BCUT2D eigenvalue weighted by Gasteiger charge is 2.32. The summed E-state index contributed by atoms with van der Waals surface area (Å²) >= 11 is 0. The van der Waals surface area contributed by atoms with E-state index >= 15 is 0 Å². The fraction of sp³-hybridized carbons (Fsp3) is 0.459. The Kier molecular flexibility index (Phi) is 13.6. The molecule has 3 N–H and O–H groups in total. The number of sulfonamides is 1. The number of benzene rings is 3. The van der Waals surface area contributed by atoms with Gasteiger partial charge in [0.1, 0.15) is 11.5 Å². The van der Waals surface area contributed by atoms with E-state index in [0.29, 0.717) is 35.9 Å². The molecule has 3 amide bonds. The lowest BCUT2D eigenvalue weighted by atomic mass is 10.0. The fourth-order valence-electron chi connectivity index (χ4n) is 5.67. The zero-order valence-electron chi connectivity index (χ0n) is 29.7. The van der Waals surface area contributed by atoms with Gasteiger partial charge in [0, 0.05) is 44.0 Å². The van der Waals surface area contributed by atoms with Crippen LogP contribution in [0, 0.1) is 12.8 Å². The van der Waals surface area contributed by atoms with Gasteiger partial charge in [-0.05, 0) is 94.6 Å². The smallest absolute Gasteiger partial charge is 0.323 e. The normalized spacial score (nSPS) is 19.9. The summed E-state index contributed by atoms with van der Waals surface area (Å²) in [4.78, 5) is 29.0. The van der Waals surface area contributed by atoms with Crippen molar-refractivity contribution in [1.29, 1.82) is 0 Å². The number of aliphatic hydroxyl groups is 1. The number of nitrogens with one attached hydrogen (secondary N) is 2. The zero-order chi connectivity index (χ0) is 36.4. The van der Waals surface area contributed by atoms with E-state index in [0.717, 1.165) is 18.4 Å². The van der Waals surface area contributed by atoms with Crippen molar-refractivity contribution >= 4 is 33.3 Å². The number of ether oxygens (including phenoxy) is 3. The van der Waals surface area contributed by atoms with Crippen LogP contribution in [0.5, 0.6) is 11.5 Å². The van der Waals surface area contributed by atoms with Crippen molar-refractivity contribution in [3.8, 4) is 11.5 Å². The Morgan fingerprint density at radius 3 is 2.36 bits per heavy atom. The molecule has 13 heteroatoms. The van der Waals surface area contributed by atoms with Gasteiger partial charge in [0.25, 0.3) is 5.91 Å². The van der Waals surface area contributed by atoms with E-state index in [-0.39, 0.29) is 42.2 Å². The first kappa shape index (κ1) is 38.6. The Morgan fingerprint density at radius 2 is 1.70 bits per heavy atom. The van der Waals surface area contributed by atoms with Gasteiger partial charge in [-0.15, -0.1) is 0 Å². The van der Waals surface area contributed by atoms with Gasteiger partial charge in [-0.25, -0.2) is 13.2 Å². The summed E-state index contributed by atoms with van der Waals surface area (Å²) in [6.07, 6.45) is 1.44. The Labute approximate surface area is 295 Å². The van der Waals surface area contributed by atoms with Crippen LogP contribution in [0.2, 0.25) is 0 Å². The average molecular weight is 711 g/mol. The Morgan fingerprint density at radius 1 is 1.04 bits per heavy atom. The number of amides is 3. The summed E-state index contributed by atoms with van der Waals surface area (Å²) < 4.78 is 46.1. The minimum atomic E-state index is -3.80. The monoisotopic (exact) mass is 710 g/mol. The molecular formula is C37H50N4O8S. The quantitative estimate of drug-likeness (QED) is 0.254. The van der Waals surface area contributed by atoms with Crippen molar-refractivity contribution in [2.75, 3.05) is 51.1 Å². The number of fused-ring (bicyclic) bond motifs is 1. The van der Waals surface area contributed by atoms with Crippen molar-refractivity contribution in [3.63, 3.8) is 0 Å². The second-order valence-electron chi connectivity index (χ2n) is 12.9. The SMILES string of the molecule is COc1ccc(NC(=O)Nc2ccc3c(c2)C(=O)N([C@@H](C)CO)C[C@H](C)[C@@H](CN(C)S(=O)(=O)c2ccc(C)cc2)OCCCC[C@H](C)O3)cc1. The summed E-state index contributed by atoms with van der Waals surface area (Å²) in [5, 5.41) is 15.8. The molecule has 1 aliphatic heterocycles. The highest BCUT2D eigenvalue weighted by atomic mass is 32.2. The first-order chi connectivity index (χ1) is 23.8. The summed E-state index contributed by atoms with van der Waals surface area (Å²) in [5.41, 5.74) is 2.11. The molecule has 3 aromatic rings. The first-order valence-electron chi connectivity index (χ1n) is 16.9. The molecule has 0 radical (unpaired) electrons. The summed E-state index contributed by atoms with van der Waals surface area (Å²) in [7, 11) is -0.706. The zero-order valence-corrected chi connectivity index (χ0v) is 30.5. The minimum Gasteiger partial charge on any atom is -0.497 e. The number of carbonyl (C=O) groups excluding carboxylic acids is 2. The maximum absolute atomic E-state index is 14.4. The molecule has 0 aliphatic carbocycles. The van der Waals surface area contributed by atoms with E-state index in [4.69, 9.17) is 14.2 Å². The third-order valence-electron chi connectivity index (χ3n) is 8.82. The third kappa shape index (κ3) is 10.2. The van der Waals surface area contributed by atoms with Crippen LogP contribution in [0.1, 0.15) is 56.0 Å². The highest BCUT2D eigenvalue weighted by Crippen LogP contribution is 2.29. The number of aryl methyl sites for hydroxylation is 1. The van der Waals surface area contributed by atoms with Crippen LogP contribution < -0.4 is 20.1 Å². The maximum atomic E-state index is 14.4. The van der Waals surface area contributed by atoms with E-state index in [1.54, 1.807) is 85.7 Å². The molecule has 1 heterocycles. The lowest BCUT2D eigenvalue weighted by molar-refractivity contribution is -0.00833. The van der Waals surface area contributed by atoms with Crippen LogP contribution in [0.4, 0.5) is 16.2 Å². The van der Waals surface area contributed by atoms with E-state index in [2.05, 4.69) is 10.6 Å². The standard InChI is InChI=1S/C37H50N4O8S/c1-25-10-17-32(18-11-25)50(45,46)40(5)23-35-26(2)22-41(27(3)24-42)36(43)33-21-30(14-19-34(33)49-28(4)9-7-8-20-48-35)39-37(44)38-29-12-15-31(47-6)16-13-29/h10-19,21,26-28,35,42H,7-9,20,22-24H2,1-6H3,(H2,38,39,44)/t26-,27-,28-,35+/m0/s1. The number of hydrogen-bond acceptors (Lipinski definition) is 8. The molecule has 0 aromatic heterocycles. The third-order valence-corrected chi connectivity index (χ3v) is 10.7. The molecule has 0 saturated carbocycles. The lowest BCUT2D eigenvalue weighted by Gasteiger charge is -2.35. The molecule has 1 aliphatic rings. The van der Waals surface area contributed by atoms with Gasteiger partial charge >= 0.3 is 6.03 Å². The molecule has 12 nitrogen and oxygen atoms in total. The predicted molar refractivity (Wildman–Crippen MR) is 194 cm³/mol. The van der Waals surface area contributed by atoms with Crippen LogP contribution in [-0.4, -0.2) is 93.4 Å². The maximum Gasteiger partial charge on any atom is 0.323 e. The van der Waals surface area contributed by atoms with Gasteiger partial charge in [-0.2, -0.15) is 4.31 Å². The molecule has 0 bridgehead atoms. The lowest BCUT2D eigenvalue weighted by Crippen LogP contribution is -2.48. The van der Waals surface area contributed by atoms with Crippen LogP contribution in [-0.2, 0) is 14.8 Å². The van der Waals surface area contributed by atoms with E-state index < -0.39 is 34.1 Å². The van der Waals surface area contributed by atoms with Crippen molar-refractivity contribution in [3.05, 3.63) is 77.9 Å². The average Bonchev–Trinajstić information content (AvgIpc) is 3.09. The molecule has 3 aromatic carbocycles. The van der Waals surface area contributed by atoms with Gasteiger partial charge < -0.3 is 34.9 Å². The number of nitrogens with zero attached hydrogens (tertiary/aromatic N) is 2. The molecule has 0 fully saturated rings. The molecule has 4 atom stereocenters. The molecule has 4 rings (SSSR count). The van der Waals surface area contributed by atoms with Crippen LogP contribution in [0.3, 0.4) is 0 Å². The molecule has 0 spiro atoms. The van der Waals surface area contributed by atoms with Crippen LogP contribution >= 0.6 is 0 Å². The second kappa shape index (κ2) is 17.7. The fourth-order valence-corrected chi connectivity index (χ4v) is 6.86. The van der Waals surface area contributed by atoms with Crippen molar-refractivity contribution in [2.45, 2.75) is 70.1 Å². The number of methoxy groups -OCH3 is 1. The Bertz CT molecular complexity index is 1680. The van der Waals surface area contributed by atoms with Crippen molar-refractivity contribution in [2.24, 2.45) is 5.92 Å². The predicted octanol–water partition coefficient (Wildman–Crippen LogP) is 5.76. The van der Waals surface area contributed by atoms with Gasteiger partial charge in [-0.3, -0.25) is 4.79 Å². The van der Waals surface area contributed by atoms with E-state index in [9.17, 15) is 23.1 Å². The minimum absolute atomic E-state index is 0.0698. The summed E-state index contributed by atoms with van der Waals surface area (Å²) in [5.74, 6) is 0.283. The first-order valence-corrected chi connectivity index (χ1v) is 18.4.